The normalized spacial score (nSPS) is 11.7. The van der Waals surface area contributed by atoms with Gasteiger partial charge in [0.05, 0.1) is 11.6 Å². The van der Waals surface area contributed by atoms with Gasteiger partial charge in [0.2, 0.25) is 0 Å². The molecule has 0 spiro atoms. The number of rotatable bonds is 6. The van der Waals surface area contributed by atoms with E-state index in [1.807, 2.05) is 18.2 Å². The molecule has 0 aliphatic heterocycles. The van der Waals surface area contributed by atoms with Crippen LogP contribution in [0.5, 0.6) is 5.75 Å². The second kappa shape index (κ2) is 9.70. The summed E-state index contributed by atoms with van der Waals surface area (Å²) in [6.07, 6.45) is -0.966. The van der Waals surface area contributed by atoms with Crippen LogP contribution in [0.4, 0.5) is 0 Å². The Bertz CT molecular complexity index is 951. The number of amides is 2. The maximum Gasteiger partial charge on any atom is 0.347 e. The number of benzene rings is 2. The molecule has 0 aliphatic carbocycles. The lowest BCUT2D eigenvalue weighted by atomic mass is 9.87. The van der Waals surface area contributed by atoms with E-state index in [1.54, 1.807) is 36.4 Å². The second-order valence-corrected chi connectivity index (χ2v) is 7.71. The summed E-state index contributed by atoms with van der Waals surface area (Å²) in [7, 11) is 0. The van der Waals surface area contributed by atoms with E-state index in [1.165, 1.54) is 6.92 Å². The van der Waals surface area contributed by atoms with Gasteiger partial charge in [0.1, 0.15) is 5.75 Å². The number of hydrogen-bond acceptors (Lipinski definition) is 6. The molecule has 0 radical (unpaired) electrons. The second-order valence-electron chi connectivity index (χ2n) is 7.71. The van der Waals surface area contributed by atoms with Crippen LogP contribution in [0.25, 0.3) is 0 Å². The number of esters is 1. The number of imide groups is 1. The standard InChI is InChI=1S/C23H24N2O5/c1-15(30-19-11-5-16(13-24)6-12-19)22(28)29-14-20(26)25-21(27)17-7-9-18(10-8-17)23(2,3)4/h5-12,15H,14H2,1-4H3,(H,25,26,27)/t15-/m0/s1. The molecule has 7 nitrogen and oxygen atoms in total. The minimum absolute atomic E-state index is 0.0461. The van der Waals surface area contributed by atoms with Crippen molar-refractivity contribution in [2.75, 3.05) is 6.61 Å². The van der Waals surface area contributed by atoms with Crippen molar-refractivity contribution < 1.29 is 23.9 Å². The first-order valence-corrected chi connectivity index (χ1v) is 9.38. The number of ether oxygens (including phenoxy) is 2. The van der Waals surface area contributed by atoms with Crippen LogP contribution < -0.4 is 10.1 Å². The van der Waals surface area contributed by atoms with E-state index >= 15 is 0 Å². The minimum atomic E-state index is -0.966. The largest absolute Gasteiger partial charge is 0.479 e. The molecule has 2 aromatic carbocycles. The van der Waals surface area contributed by atoms with Crippen LogP contribution in [0, 0.1) is 11.3 Å². The Morgan fingerprint density at radius 2 is 1.63 bits per heavy atom. The summed E-state index contributed by atoms with van der Waals surface area (Å²) in [6.45, 7) is 7.05. The van der Waals surface area contributed by atoms with E-state index in [0.29, 0.717) is 16.9 Å². The molecule has 2 amide bonds. The molecule has 0 saturated carbocycles. The average Bonchev–Trinajstić information content (AvgIpc) is 2.72. The van der Waals surface area contributed by atoms with Crippen LogP contribution in [-0.2, 0) is 19.7 Å². The predicted molar refractivity (Wildman–Crippen MR) is 110 cm³/mol. The van der Waals surface area contributed by atoms with Crippen LogP contribution in [0.3, 0.4) is 0 Å². The topological polar surface area (TPSA) is 105 Å². The van der Waals surface area contributed by atoms with Gasteiger partial charge in [-0.1, -0.05) is 32.9 Å². The van der Waals surface area contributed by atoms with Crippen molar-refractivity contribution in [2.24, 2.45) is 0 Å². The van der Waals surface area contributed by atoms with Crippen LogP contribution in [0.2, 0.25) is 0 Å². The number of nitrogens with zero attached hydrogens (tertiary/aromatic N) is 1. The van der Waals surface area contributed by atoms with E-state index in [2.05, 4.69) is 26.1 Å². The van der Waals surface area contributed by atoms with Gasteiger partial charge in [-0.25, -0.2) is 4.79 Å². The number of carbonyl (C=O) groups is 3. The summed E-state index contributed by atoms with van der Waals surface area (Å²) in [4.78, 5) is 36.1. The summed E-state index contributed by atoms with van der Waals surface area (Å²) in [5.41, 5.74) is 1.82. The molecule has 156 valence electrons. The van der Waals surface area contributed by atoms with Gasteiger partial charge in [-0.05, 0) is 54.3 Å². The zero-order valence-electron chi connectivity index (χ0n) is 17.4. The zero-order chi connectivity index (χ0) is 22.3. The fourth-order valence-corrected chi connectivity index (χ4v) is 2.47. The summed E-state index contributed by atoms with van der Waals surface area (Å²) in [5, 5.41) is 11.0. The fraction of sp³-hybridized carbons (Fsp3) is 0.304. The third-order valence-corrected chi connectivity index (χ3v) is 4.24. The van der Waals surface area contributed by atoms with Crippen LogP contribution in [-0.4, -0.2) is 30.5 Å². The lowest BCUT2D eigenvalue weighted by Crippen LogP contribution is -2.36. The molecule has 2 rings (SSSR count). The Balaban J connectivity index is 1.82. The molecule has 0 heterocycles. The maximum absolute atomic E-state index is 12.2. The first-order valence-electron chi connectivity index (χ1n) is 9.38. The number of carbonyl (C=O) groups excluding carboxylic acids is 3. The monoisotopic (exact) mass is 408 g/mol. The van der Waals surface area contributed by atoms with Gasteiger partial charge in [0.25, 0.3) is 11.8 Å². The highest BCUT2D eigenvalue weighted by molar-refractivity contribution is 6.05. The number of hydrogen-bond donors (Lipinski definition) is 1. The Hall–Kier alpha value is -3.66. The average molecular weight is 408 g/mol. The quantitative estimate of drug-likeness (QED) is 0.736. The van der Waals surface area contributed by atoms with E-state index in [9.17, 15) is 14.4 Å². The lowest BCUT2D eigenvalue weighted by molar-refractivity contribution is -0.154. The van der Waals surface area contributed by atoms with E-state index in [0.717, 1.165) is 5.56 Å². The van der Waals surface area contributed by atoms with Gasteiger partial charge in [0.15, 0.2) is 12.7 Å². The first kappa shape index (κ1) is 22.6. The fourth-order valence-electron chi connectivity index (χ4n) is 2.47. The smallest absolute Gasteiger partial charge is 0.347 e. The Labute approximate surface area is 175 Å². The molecule has 7 heteroatoms. The predicted octanol–water partition coefficient (Wildman–Crippen LogP) is 3.12. The van der Waals surface area contributed by atoms with Crippen LogP contribution in [0.15, 0.2) is 48.5 Å². The van der Waals surface area contributed by atoms with Gasteiger partial charge in [0, 0.05) is 5.56 Å². The van der Waals surface area contributed by atoms with Crippen molar-refractivity contribution in [2.45, 2.75) is 39.2 Å². The minimum Gasteiger partial charge on any atom is -0.479 e. The van der Waals surface area contributed by atoms with Crippen molar-refractivity contribution >= 4 is 17.8 Å². The molecule has 0 saturated heterocycles. The van der Waals surface area contributed by atoms with Crippen molar-refractivity contribution in [1.82, 2.24) is 5.32 Å². The van der Waals surface area contributed by atoms with Crippen molar-refractivity contribution in [3.8, 4) is 11.8 Å². The Morgan fingerprint density at radius 1 is 1.03 bits per heavy atom. The van der Waals surface area contributed by atoms with Crippen LogP contribution in [0.1, 0.15) is 49.2 Å². The third-order valence-electron chi connectivity index (χ3n) is 4.24. The summed E-state index contributed by atoms with van der Waals surface area (Å²) >= 11 is 0. The van der Waals surface area contributed by atoms with E-state index < -0.39 is 30.5 Å². The number of nitrogens with one attached hydrogen (secondary N) is 1. The molecular weight excluding hydrogens is 384 g/mol. The SMILES string of the molecule is C[C@H](Oc1ccc(C#N)cc1)C(=O)OCC(=O)NC(=O)c1ccc(C(C)(C)C)cc1. The molecule has 0 unspecified atom stereocenters. The third kappa shape index (κ3) is 6.45. The highest BCUT2D eigenvalue weighted by Gasteiger charge is 2.19. The molecule has 0 bridgehead atoms. The van der Waals surface area contributed by atoms with Gasteiger partial charge < -0.3 is 9.47 Å². The van der Waals surface area contributed by atoms with Gasteiger partial charge in [-0.15, -0.1) is 0 Å². The van der Waals surface area contributed by atoms with Crippen molar-refractivity contribution in [1.29, 1.82) is 5.26 Å². The van der Waals surface area contributed by atoms with Gasteiger partial charge in [-0.3, -0.25) is 14.9 Å². The molecule has 1 atom stereocenters. The molecule has 1 N–H and O–H groups in total. The lowest BCUT2D eigenvalue weighted by Gasteiger charge is -2.19. The number of nitriles is 1. The molecule has 2 aromatic rings. The molecule has 0 aliphatic rings. The summed E-state index contributed by atoms with van der Waals surface area (Å²) in [6, 6.07) is 15.2. The Kier molecular flexibility index (Phi) is 7.32. The molecule has 30 heavy (non-hydrogen) atoms. The summed E-state index contributed by atoms with van der Waals surface area (Å²) in [5.74, 6) is -1.68. The molecule has 0 fully saturated rings. The zero-order valence-corrected chi connectivity index (χ0v) is 17.4. The van der Waals surface area contributed by atoms with Crippen LogP contribution >= 0.6 is 0 Å². The first-order chi connectivity index (χ1) is 14.1. The van der Waals surface area contributed by atoms with Crippen molar-refractivity contribution in [3.63, 3.8) is 0 Å². The maximum atomic E-state index is 12.2. The highest BCUT2D eigenvalue weighted by atomic mass is 16.6. The molecular formula is C23H24N2O5. The molecule has 0 aromatic heterocycles. The van der Waals surface area contributed by atoms with Crippen molar-refractivity contribution in [3.05, 3.63) is 65.2 Å². The van der Waals surface area contributed by atoms with Gasteiger partial charge in [-0.2, -0.15) is 5.26 Å². The van der Waals surface area contributed by atoms with E-state index in [-0.39, 0.29) is 5.41 Å². The highest BCUT2D eigenvalue weighted by Crippen LogP contribution is 2.22. The summed E-state index contributed by atoms with van der Waals surface area (Å²) < 4.78 is 10.3. The van der Waals surface area contributed by atoms with Gasteiger partial charge >= 0.3 is 5.97 Å². The van der Waals surface area contributed by atoms with E-state index in [4.69, 9.17) is 14.7 Å². The Morgan fingerprint density at radius 3 is 2.17 bits per heavy atom.